The molecule has 0 saturated heterocycles. The Morgan fingerprint density at radius 3 is 2.21 bits per heavy atom. The minimum absolute atomic E-state index is 0.0647. The maximum Gasteiger partial charge on any atom is 0.203 e. The van der Waals surface area contributed by atoms with E-state index in [0.29, 0.717) is 11.7 Å². The van der Waals surface area contributed by atoms with Gasteiger partial charge in [0.05, 0.1) is 11.7 Å². The molecule has 0 fully saturated rings. The van der Waals surface area contributed by atoms with E-state index in [4.69, 9.17) is 0 Å². The Morgan fingerprint density at radius 1 is 1.16 bits per heavy atom. The molecule has 1 rings (SSSR count). The molecule has 0 spiro atoms. The largest absolute Gasteiger partial charge is 0.245 e. The molecular formula is C14H27BN3S. The molecule has 0 aliphatic rings. The number of nitrogens with zero attached hydrogens (tertiary/aromatic N) is 3. The predicted octanol–water partition coefficient (Wildman–Crippen LogP) is 4.24. The zero-order chi connectivity index (χ0) is 14.8. The maximum atomic E-state index is 4.34. The van der Waals surface area contributed by atoms with Crippen molar-refractivity contribution in [3.8, 4) is 0 Å². The zero-order valence-corrected chi connectivity index (χ0v) is 14.4. The van der Waals surface area contributed by atoms with Crippen molar-refractivity contribution in [1.29, 1.82) is 0 Å². The van der Waals surface area contributed by atoms with Crippen LogP contribution in [0.5, 0.6) is 0 Å². The Hall–Kier alpha value is -0.445. The third kappa shape index (κ3) is 3.56. The summed E-state index contributed by atoms with van der Waals surface area (Å²) in [5, 5.41) is 9.59. The van der Waals surface area contributed by atoms with Crippen LogP contribution in [0, 0.1) is 11.3 Å². The fourth-order valence-electron chi connectivity index (χ4n) is 1.78. The SMILES string of the molecule is CC(C)[B]Sc1cn(C(C)(C)C(C)(C)C(C)C)nn1. The molecule has 19 heavy (non-hydrogen) atoms. The molecule has 0 unspecified atom stereocenters. The van der Waals surface area contributed by atoms with E-state index in [2.05, 4.69) is 78.5 Å². The standard InChI is InChI=1S/C14H27BN3S/c1-10(2)13(5,6)14(7,8)18-9-12(16-17-18)19-15-11(3)4/h9-11H,1-8H3. The van der Waals surface area contributed by atoms with Crippen LogP contribution in [-0.2, 0) is 5.54 Å². The van der Waals surface area contributed by atoms with Crippen LogP contribution in [0.2, 0.25) is 5.82 Å². The van der Waals surface area contributed by atoms with Crippen LogP contribution in [-0.4, -0.2) is 21.6 Å². The van der Waals surface area contributed by atoms with E-state index in [0.717, 1.165) is 5.03 Å². The number of hydrogen-bond acceptors (Lipinski definition) is 3. The van der Waals surface area contributed by atoms with Crippen molar-refractivity contribution < 1.29 is 0 Å². The highest BCUT2D eigenvalue weighted by Gasteiger charge is 2.41. The van der Waals surface area contributed by atoms with Crippen molar-refractivity contribution >= 4 is 18.2 Å². The van der Waals surface area contributed by atoms with Gasteiger partial charge in [-0.1, -0.05) is 52.6 Å². The average molecular weight is 280 g/mol. The van der Waals surface area contributed by atoms with Crippen LogP contribution in [0.1, 0.15) is 55.4 Å². The molecule has 107 valence electrons. The highest BCUT2D eigenvalue weighted by atomic mass is 32.2. The molecule has 0 aliphatic carbocycles. The van der Waals surface area contributed by atoms with Crippen molar-refractivity contribution in [1.82, 2.24) is 15.0 Å². The molecule has 5 heteroatoms. The summed E-state index contributed by atoms with van der Waals surface area (Å²) in [5.41, 5.74) is 0.0786. The van der Waals surface area contributed by atoms with Crippen molar-refractivity contribution in [2.24, 2.45) is 11.3 Å². The zero-order valence-electron chi connectivity index (χ0n) is 13.6. The van der Waals surface area contributed by atoms with Gasteiger partial charge in [-0.05, 0) is 25.2 Å². The van der Waals surface area contributed by atoms with Crippen LogP contribution in [0.3, 0.4) is 0 Å². The lowest BCUT2D eigenvalue weighted by Gasteiger charge is -2.44. The Balaban J connectivity index is 2.91. The summed E-state index contributed by atoms with van der Waals surface area (Å²) in [6, 6.07) is 0. The summed E-state index contributed by atoms with van der Waals surface area (Å²) in [6.07, 6.45) is 2.06. The summed E-state index contributed by atoms with van der Waals surface area (Å²) in [6.45, 7) is 20.1. The monoisotopic (exact) mass is 280 g/mol. The Morgan fingerprint density at radius 2 is 1.74 bits per heavy atom. The van der Waals surface area contributed by atoms with Crippen molar-refractivity contribution in [3.63, 3.8) is 0 Å². The average Bonchev–Trinajstić information content (AvgIpc) is 2.74. The maximum absolute atomic E-state index is 4.34. The minimum atomic E-state index is -0.0647. The summed E-state index contributed by atoms with van der Waals surface area (Å²) >= 11 is 1.67. The van der Waals surface area contributed by atoms with Gasteiger partial charge >= 0.3 is 0 Å². The second kappa shape index (κ2) is 5.90. The molecule has 0 atom stereocenters. The fraction of sp³-hybridized carbons (Fsp3) is 0.857. The predicted molar refractivity (Wildman–Crippen MR) is 84.7 cm³/mol. The molecule has 0 amide bonds. The third-order valence-corrected chi connectivity index (χ3v) is 5.64. The molecule has 0 aromatic carbocycles. The van der Waals surface area contributed by atoms with Crippen LogP contribution in [0.25, 0.3) is 0 Å². The van der Waals surface area contributed by atoms with Gasteiger partial charge in [0.2, 0.25) is 6.56 Å². The van der Waals surface area contributed by atoms with Gasteiger partial charge in [0.25, 0.3) is 0 Å². The quantitative estimate of drug-likeness (QED) is 0.730. The number of hydrogen-bond donors (Lipinski definition) is 0. The Labute approximate surface area is 123 Å². The molecule has 1 heterocycles. The second-order valence-electron chi connectivity index (χ2n) is 6.93. The second-order valence-corrected chi connectivity index (χ2v) is 7.86. The first kappa shape index (κ1) is 16.6. The lowest BCUT2D eigenvalue weighted by molar-refractivity contribution is 0.0526. The topological polar surface area (TPSA) is 30.7 Å². The summed E-state index contributed by atoms with van der Waals surface area (Å²) in [7, 11) is 0. The van der Waals surface area contributed by atoms with Gasteiger partial charge in [-0.25, -0.2) is 4.68 Å². The lowest BCUT2D eigenvalue weighted by atomic mass is 9.67. The van der Waals surface area contributed by atoms with E-state index in [1.54, 1.807) is 11.6 Å². The smallest absolute Gasteiger partial charge is 0.203 e. The van der Waals surface area contributed by atoms with E-state index in [1.165, 1.54) is 0 Å². The van der Waals surface area contributed by atoms with Crippen LogP contribution >= 0.6 is 11.6 Å². The highest BCUT2D eigenvalue weighted by molar-refractivity contribution is 8.22. The molecule has 0 saturated carbocycles. The summed E-state index contributed by atoms with van der Waals surface area (Å²) < 4.78 is 2.02. The first-order valence-corrected chi connectivity index (χ1v) is 7.89. The molecule has 1 radical (unpaired) electrons. The first-order chi connectivity index (χ1) is 8.59. The normalized spacial score (nSPS) is 13.4. The third-order valence-electron chi connectivity index (χ3n) is 4.53. The van der Waals surface area contributed by atoms with Crippen molar-refractivity contribution in [2.75, 3.05) is 0 Å². The number of aromatic nitrogens is 3. The van der Waals surface area contributed by atoms with Gasteiger partial charge in [0.1, 0.15) is 5.03 Å². The summed E-state index contributed by atoms with van der Waals surface area (Å²) in [4.78, 5) is 0. The Kier molecular flexibility index (Phi) is 5.16. The molecule has 0 N–H and O–H groups in total. The molecule has 0 aliphatic heterocycles. The van der Waals surface area contributed by atoms with Gasteiger partial charge < -0.3 is 0 Å². The van der Waals surface area contributed by atoms with Crippen LogP contribution in [0.4, 0.5) is 0 Å². The van der Waals surface area contributed by atoms with Gasteiger partial charge in [-0.3, -0.25) is 0 Å². The first-order valence-electron chi connectivity index (χ1n) is 7.02. The van der Waals surface area contributed by atoms with Gasteiger partial charge in [0, 0.05) is 0 Å². The molecule has 0 bridgehead atoms. The van der Waals surface area contributed by atoms with E-state index in [-0.39, 0.29) is 11.0 Å². The molecular weight excluding hydrogens is 253 g/mol. The van der Waals surface area contributed by atoms with Crippen LogP contribution < -0.4 is 0 Å². The van der Waals surface area contributed by atoms with Crippen molar-refractivity contribution in [3.05, 3.63) is 6.20 Å². The fourth-order valence-corrected chi connectivity index (χ4v) is 2.44. The van der Waals surface area contributed by atoms with Gasteiger partial charge in [-0.15, -0.1) is 5.10 Å². The van der Waals surface area contributed by atoms with E-state index < -0.39 is 0 Å². The minimum Gasteiger partial charge on any atom is -0.245 e. The Bertz CT molecular complexity index is 411. The number of rotatable bonds is 6. The van der Waals surface area contributed by atoms with E-state index >= 15 is 0 Å². The lowest BCUT2D eigenvalue weighted by Crippen LogP contribution is -2.45. The van der Waals surface area contributed by atoms with E-state index in [9.17, 15) is 0 Å². The highest BCUT2D eigenvalue weighted by Crippen LogP contribution is 2.42. The van der Waals surface area contributed by atoms with Gasteiger partial charge in [0.15, 0.2) is 0 Å². The molecule has 1 aromatic rings. The summed E-state index contributed by atoms with van der Waals surface area (Å²) in [5.74, 6) is 1.13. The van der Waals surface area contributed by atoms with Crippen LogP contribution in [0.15, 0.2) is 11.2 Å². The van der Waals surface area contributed by atoms with Crippen molar-refractivity contribution in [2.45, 2.75) is 71.8 Å². The molecule has 1 aromatic heterocycles. The molecule has 3 nitrogen and oxygen atoms in total. The van der Waals surface area contributed by atoms with Gasteiger partial charge in [-0.2, -0.15) is 11.6 Å². The van der Waals surface area contributed by atoms with E-state index in [1.807, 2.05) is 4.68 Å².